The minimum absolute atomic E-state index is 0.142. The van der Waals surface area contributed by atoms with Crippen molar-refractivity contribution in [1.29, 1.82) is 0 Å². The molecule has 0 radical (unpaired) electrons. The van der Waals surface area contributed by atoms with Crippen molar-refractivity contribution >= 4 is 53.3 Å². The predicted octanol–water partition coefficient (Wildman–Crippen LogP) is 13.7. The van der Waals surface area contributed by atoms with Crippen LogP contribution in [0.25, 0.3) is 104 Å². The van der Waals surface area contributed by atoms with Crippen molar-refractivity contribution in [3.63, 3.8) is 0 Å². The fourth-order valence-electron chi connectivity index (χ4n) is 7.69. The van der Waals surface area contributed by atoms with Gasteiger partial charge in [0.15, 0.2) is 17.5 Å². The Morgan fingerprint density at radius 1 is 0.411 bits per heavy atom. The average molecular weight is 738 g/mol. The second-order valence-electron chi connectivity index (χ2n) is 13.7. The van der Waals surface area contributed by atoms with Gasteiger partial charge in [0.25, 0.3) is 0 Å². The molecule has 0 aliphatic heterocycles. The lowest BCUT2D eigenvalue weighted by Crippen LogP contribution is -2.01. The Morgan fingerprint density at radius 3 is 1.62 bits per heavy atom. The van der Waals surface area contributed by atoms with Crippen molar-refractivity contribution in [2.45, 2.75) is 0 Å². The predicted molar refractivity (Wildman–Crippen MR) is 234 cm³/mol. The van der Waals surface area contributed by atoms with Crippen LogP contribution < -0.4 is 0 Å². The van der Waals surface area contributed by atoms with Crippen LogP contribution in [0, 0.1) is 0 Å². The van der Waals surface area contributed by atoms with Gasteiger partial charge in [0.2, 0.25) is 0 Å². The summed E-state index contributed by atoms with van der Waals surface area (Å²) in [5, 5.41) is 4.58. The van der Waals surface area contributed by atoms with Gasteiger partial charge < -0.3 is 4.57 Å². The van der Waals surface area contributed by atoms with Gasteiger partial charge in [-0.15, -0.1) is 11.3 Å². The molecule has 0 unspecified atom stereocenters. The number of thiophene rings is 1. The molecule has 56 heavy (non-hydrogen) atoms. The Balaban J connectivity index is 1.17. The highest BCUT2D eigenvalue weighted by Crippen LogP contribution is 2.44. The lowest BCUT2D eigenvalue weighted by atomic mass is 10.0. The monoisotopic (exact) mass is 737 g/mol. The van der Waals surface area contributed by atoms with Crippen LogP contribution in [0.4, 0.5) is 0 Å². The number of rotatable bonds is 6. The highest BCUT2D eigenvalue weighted by atomic mass is 32.1. The van der Waals surface area contributed by atoms with E-state index in [9.17, 15) is 0 Å². The van der Waals surface area contributed by atoms with Crippen molar-refractivity contribution in [1.82, 2.24) is 19.5 Å². The molecule has 5 heteroatoms. The van der Waals surface area contributed by atoms with Gasteiger partial charge >= 0.3 is 0 Å². The number of hydrogen-bond donors (Lipinski definition) is 0. The summed E-state index contributed by atoms with van der Waals surface area (Å²) in [5.74, 6) is 1.47. The Hall–Kier alpha value is -7.21. The van der Waals surface area contributed by atoms with E-state index < -0.39 is 6.04 Å². The minimum Gasteiger partial charge on any atom is -0.309 e. The maximum atomic E-state index is 8.55. The van der Waals surface area contributed by atoms with E-state index in [1.165, 1.54) is 10.8 Å². The first kappa shape index (κ1) is 27.4. The summed E-state index contributed by atoms with van der Waals surface area (Å²) in [7, 11) is 0. The third kappa shape index (κ3) is 5.48. The molecule has 3 heterocycles. The van der Waals surface area contributed by atoms with Crippen molar-refractivity contribution in [3.8, 4) is 62.1 Å². The van der Waals surface area contributed by atoms with Crippen molar-refractivity contribution < 1.29 is 6.85 Å². The Kier molecular flexibility index (Phi) is 6.49. The first-order chi connectivity index (χ1) is 29.8. The Labute approximate surface area is 334 Å². The lowest BCUT2D eigenvalue weighted by molar-refractivity contribution is 1.07. The smallest absolute Gasteiger partial charge is 0.165 e. The molecule has 0 aliphatic rings. The van der Waals surface area contributed by atoms with Crippen LogP contribution in [-0.2, 0) is 0 Å². The molecule has 0 amide bonds. The summed E-state index contributed by atoms with van der Waals surface area (Å²) in [6, 6.07) is 54.0. The zero-order valence-electron chi connectivity index (χ0n) is 34.8. The van der Waals surface area contributed by atoms with Crippen LogP contribution in [0.15, 0.2) is 194 Å². The first-order valence-electron chi connectivity index (χ1n) is 20.9. The van der Waals surface area contributed by atoms with Crippen LogP contribution in [0.2, 0.25) is 0 Å². The van der Waals surface area contributed by atoms with E-state index in [4.69, 9.17) is 21.8 Å². The van der Waals surface area contributed by atoms with E-state index in [-0.39, 0.29) is 29.7 Å². The maximum Gasteiger partial charge on any atom is 0.165 e. The van der Waals surface area contributed by atoms with Gasteiger partial charge in [-0.3, -0.25) is 0 Å². The van der Waals surface area contributed by atoms with E-state index in [2.05, 4.69) is 108 Å². The van der Waals surface area contributed by atoms with Gasteiger partial charge in [0.1, 0.15) is 0 Å². The number of aromatic nitrogens is 4. The number of fused-ring (bicyclic) bond motifs is 6. The van der Waals surface area contributed by atoms with Gasteiger partial charge in [-0.1, -0.05) is 158 Å². The maximum absolute atomic E-state index is 8.55. The topological polar surface area (TPSA) is 43.6 Å². The third-order valence-electron chi connectivity index (χ3n) is 10.3. The molecule has 0 bridgehead atoms. The standard InChI is InChI=1S/C51H32N4S/c1-4-14-33(15-5-1)35-24-26-37(27-25-35)50-52-49(36-18-8-3-9-19-36)53-51(54-50)44-32-39(55-45-22-12-10-20-40(45)41-21-11-13-23-46(41)55)31-43-42-30-38(34-16-6-2-7-17-34)28-29-47(42)56-48(43)44/h1-32H/i1D,4D,5D,14D,15D. The first-order valence-corrected chi connectivity index (χ1v) is 19.2. The van der Waals surface area contributed by atoms with Gasteiger partial charge in [-0.2, -0.15) is 0 Å². The number of para-hydroxylation sites is 2. The average Bonchev–Trinajstić information content (AvgIpc) is 3.86. The van der Waals surface area contributed by atoms with Crippen LogP contribution in [0.3, 0.4) is 0 Å². The molecule has 0 spiro atoms. The molecule has 8 aromatic carbocycles. The molecule has 0 N–H and O–H groups in total. The normalized spacial score (nSPS) is 12.8. The molecule has 0 saturated heterocycles. The van der Waals surface area contributed by atoms with E-state index >= 15 is 0 Å². The van der Waals surface area contributed by atoms with Crippen LogP contribution in [-0.4, -0.2) is 19.5 Å². The summed E-state index contributed by atoms with van der Waals surface area (Å²) in [6.07, 6.45) is 0. The number of nitrogens with zero attached hydrogens (tertiary/aromatic N) is 4. The quantitative estimate of drug-likeness (QED) is 0.171. The zero-order chi connectivity index (χ0) is 41.4. The molecular formula is C51H32N4S. The van der Waals surface area contributed by atoms with Crippen molar-refractivity contribution in [2.24, 2.45) is 0 Å². The second kappa shape index (κ2) is 13.3. The molecule has 0 saturated carbocycles. The fraction of sp³-hybridized carbons (Fsp3) is 0. The second-order valence-corrected chi connectivity index (χ2v) is 14.7. The fourth-order valence-corrected chi connectivity index (χ4v) is 8.87. The van der Waals surface area contributed by atoms with E-state index in [1.807, 2.05) is 48.5 Å². The summed E-state index contributed by atoms with van der Waals surface area (Å²) in [5.41, 5.74) is 8.49. The summed E-state index contributed by atoms with van der Waals surface area (Å²) >= 11 is 1.72. The highest BCUT2D eigenvalue weighted by Gasteiger charge is 2.21. The summed E-state index contributed by atoms with van der Waals surface area (Å²) in [4.78, 5) is 15.5. The zero-order valence-corrected chi connectivity index (χ0v) is 30.6. The van der Waals surface area contributed by atoms with Gasteiger partial charge in [0, 0.05) is 53.3 Å². The Morgan fingerprint density at radius 2 is 0.946 bits per heavy atom. The van der Waals surface area contributed by atoms with Crippen LogP contribution >= 0.6 is 11.3 Å². The SMILES string of the molecule is [2H]c1c([2H])c([2H])c(-c2ccc(-c3nc(-c4ccccc4)nc(-c4cc(-n5c6ccccc6c6ccccc65)cc5c4sc4ccc(-c6ccccc6)cc45)n3)cc2)c([2H])c1[2H]. The van der Waals surface area contributed by atoms with Crippen molar-refractivity contribution in [3.05, 3.63) is 194 Å². The van der Waals surface area contributed by atoms with Crippen LogP contribution in [0.5, 0.6) is 0 Å². The molecule has 0 atom stereocenters. The molecule has 11 rings (SSSR count). The van der Waals surface area contributed by atoms with Gasteiger partial charge in [0.05, 0.1) is 17.9 Å². The molecule has 4 nitrogen and oxygen atoms in total. The number of hydrogen-bond acceptors (Lipinski definition) is 4. The lowest BCUT2D eigenvalue weighted by Gasteiger charge is -2.13. The highest BCUT2D eigenvalue weighted by molar-refractivity contribution is 7.26. The molecule has 262 valence electrons. The van der Waals surface area contributed by atoms with Gasteiger partial charge in [-0.05, 0) is 58.7 Å². The third-order valence-corrected chi connectivity index (χ3v) is 11.6. The summed E-state index contributed by atoms with van der Waals surface area (Å²) in [6.45, 7) is 0. The number of benzene rings is 8. The largest absolute Gasteiger partial charge is 0.309 e. The summed E-state index contributed by atoms with van der Waals surface area (Å²) < 4.78 is 46.1. The van der Waals surface area contributed by atoms with Crippen molar-refractivity contribution in [2.75, 3.05) is 0 Å². The molecular weight excluding hydrogens is 701 g/mol. The van der Waals surface area contributed by atoms with E-state index in [0.29, 0.717) is 28.6 Å². The van der Waals surface area contributed by atoms with Crippen LogP contribution in [0.1, 0.15) is 6.85 Å². The van der Waals surface area contributed by atoms with Gasteiger partial charge in [-0.25, -0.2) is 15.0 Å². The molecule has 3 aromatic heterocycles. The van der Waals surface area contributed by atoms with E-state index in [1.54, 1.807) is 23.5 Å². The van der Waals surface area contributed by atoms with E-state index in [0.717, 1.165) is 59.1 Å². The molecule has 11 aromatic rings. The molecule has 0 aliphatic carbocycles. The molecule has 0 fully saturated rings. The Bertz CT molecular complexity index is 3450. The minimum atomic E-state index is -0.423.